The first-order valence-electron chi connectivity index (χ1n) is 9.06. The number of hydrogen-bond donors (Lipinski definition) is 2. The number of rotatable bonds is 6. The molecule has 0 radical (unpaired) electrons. The van der Waals surface area contributed by atoms with Crippen LogP contribution in [0.2, 0.25) is 0 Å². The molecule has 6 heteroatoms. The molecule has 138 valence electrons. The number of benzene rings is 2. The molecule has 1 saturated heterocycles. The molecule has 2 N–H and O–H groups in total. The summed E-state index contributed by atoms with van der Waals surface area (Å²) in [5.74, 6) is 0.763. The van der Waals surface area contributed by atoms with Crippen LogP contribution in [0.15, 0.2) is 59.1 Å². The number of aryl methyl sites for hydroxylation is 1. The van der Waals surface area contributed by atoms with Gasteiger partial charge in [0.15, 0.2) is 5.76 Å². The van der Waals surface area contributed by atoms with E-state index in [2.05, 4.69) is 34.8 Å². The summed E-state index contributed by atoms with van der Waals surface area (Å²) in [5, 5.41) is 10.4. The SMILES string of the molecule is Cc1ccc(-c2cc(CNc3ccccc3CN3CCNC3=O)on2)cc1. The molecule has 1 aromatic heterocycles. The topological polar surface area (TPSA) is 70.4 Å². The number of hydrogen-bond acceptors (Lipinski definition) is 4. The Morgan fingerprint density at radius 3 is 2.78 bits per heavy atom. The highest BCUT2D eigenvalue weighted by molar-refractivity contribution is 5.76. The van der Waals surface area contributed by atoms with E-state index in [0.717, 1.165) is 34.8 Å². The summed E-state index contributed by atoms with van der Waals surface area (Å²) in [6.45, 7) is 4.61. The number of nitrogens with zero attached hydrogens (tertiary/aromatic N) is 2. The van der Waals surface area contributed by atoms with E-state index >= 15 is 0 Å². The van der Waals surface area contributed by atoms with Crippen molar-refractivity contribution in [2.24, 2.45) is 0 Å². The second-order valence-electron chi connectivity index (χ2n) is 6.71. The maximum absolute atomic E-state index is 11.8. The van der Waals surface area contributed by atoms with E-state index in [4.69, 9.17) is 4.52 Å². The van der Waals surface area contributed by atoms with Gasteiger partial charge in [0.2, 0.25) is 0 Å². The molecule has 0 spiro atoms. The molecule has 27 heavy (non-hydrogen) atoms. The molecule has 4 rings (SSSR count). The van der Waals surface area contributed by atoms with Gasteiger partial charge in [-0.2, -0.15) is 0 Å². The molecule has 1 aliphatic heterocycles. The van der Waals surface area contributed by atoms with Gasteiger partial charge in [-0.15, -0.1) is 0 Å². The number of aromatic nitrogens is 1. The zero-order valence-electron chi connectivity index (χ0n) is 15.2. The van der Waals surface area contributed by atoms with Crippen LogP contribution in [0.3, 0.4) is 0 Å². The van der Waals surface area contributed by atoms with Crippen LogP contribution in [-0.2, 0) is 13.1 Å². The molecule has 2 aromatic carbocycles. The molecule has 0 aliphatic carbocycles. The molecular formula is C21H22N4O2. The second-order valence-corrected chi connectivity index (χ2v) is 6.71. The summed E-state index contributed by atoms with van der Waals surface area (Å²) < 4.78 is 5.47. The average Bonchev–Trinajstić information content (AvgIpc) is 3.31. The van der Waals surface area contributed by atoms with Gasteiger partial charge >= 0.3 is 6.03 Å². The predicted octanol–water partition coefficient (Wildman–Crippen LogP) is 3.79. The molecule has 1 fully saturated rings. The normalized spacial score (nSPS) is 13.7. The fourth-order valence-electron chi connectivity index (χ4n) is 3.14. The number of urea groups is 1. The van der Waals surface area contributed by atoms with E-state index < -0.39 is 0 Å². The van der Waals surface area contributed by atoms with Crippen LogP contribution in [0, 0.1) is 6.92 Å². The summed E-state index contributed by atoms with van der Waals surface area (Å²) in [4.78, 5) is 13.6. The Labute approximate surface area is 158 Å². The first-order chi connectivity index (χ1) is 13.2. The van der Waals surface area contributed by atoms with Gasteiger partial charge in [-0.25, -0.2) is 4.79 Å². The fourth-order valence-corrected chi connectivity index (χ4v) is 3.14. The van der Waals surface area contributed by atoms with E-state index in [1.54, 1.807) is 0 Å². The van der Waals surface area contributed by atoms with E-state index in [0.29, 0.717) is 19.6 Å². The lowest BCUT2D eigenvalue weighted by Gasteiger charge is -2.17. The monoisotopic (exact) mass is 362 g/mol. The van der Waals surface area contributed by atoms with Crippen molar-refractivity contribution in [2.45, 2.75) is 20.0 Å². The number of carbonyl (C=O) groups is 1. The van der Waals surface area contributed by atoms with Crippen LogP contribution in [0.1, 0.15) is 16.9 Å². The molecular weight excluding hydrogens is 340 g/mol. The van der Waals surface area contributed by atoms with Gasteiger partial charge in [-0.05, 0) is 18.6 Å². The van der Waals surface area contributed by atoms with Crippen molar-refractivity contribution >= 4 is 11.7 Å². The van der Waals surface area contributed by atoms with Crippen LogP contribution in [0.25, 0.3) is 11.3 Å². The maximum atomic E-state index is 11.8. The van der Waals surface area contributed by atoms with Gasteiger partial charge in [-0.1, -0.05) is 53.2 Å². The highest BCUT2D eigenvalue weighted by atomic mass is 16.5. The summed E-state index contributed by atoms with van der Waals surface area (Å²) in [6.07, 6.45) is 0. The first kappa shape index (κ1) is 17.1. The molecule has 6 nitrogen and oxygen atoms in total. The van der Waals surface area contributed by atoms with E-state index in [1.807, 2.05) is 47.4 Å². The Morgan fingerprint density at radius 2 is 2.00 bits per heavy atom. The Kier molecular flexibility index (Phi) is 4.78. The van der Waals surface area contributed by atoms with Gasteiger partial charge in [0.05, 0.1) is 6.54 Å². The fraction of sp³-hybridized carbons (Fsp3) is 0.238. The van der Waals surface area contributed by atoms with Crippen molar-refractivity contribution in [2.75, 3.05) is 18.4 Å². The van der Waals surface area contributed by atoms with Crippen LogP contribution in [-0.4, -0.2) is 29.2 Å². The van der Waals surface area contributed by atoms with Crippen LogP contribution in [0.4, 0.5) is 10.5 Å². The Bertz CT molecular complexity index is 933. The zero-order valence-corrected chi connectivity index (χ0v) is 15.2. The quantitative estimate of drug-likeness (QED) is 0.700. The minimum Gasteiger partial charge on any atom is -0.377 e. The molecule has 0 unspecified atom stereocenters. The third kappa shape index (κ3) is 3.95. The molecule has 0 atom stereocenters. The molecule has 3 aromatic rings. The number of carbonyl (C=O) groups excluding carboxylic acids is 1. The highest BCUT2D eigenvalue weighted by Gasteiger charge is 2.20. The maximum Gasteiger partial charge on any atom is 0.317 e. The van der Waals surface area contributed by atoms with Crippen molar-refractivity contribution in [3.63, 3.8) is 0 Å². The third-order valence-corrected chi connectivity index (χ3v) is 4.68. The third-order valence-electron chi connectivity index (χ3n) is 4.68. The zero-order chi connectivity index (χ0) is 18.6. The predicted molar refractivity (Wildman–Crippen MR) is 104 cm³/mol. The van der Waals surface area contributed by atoms with Gasteiger partial charge in [0, 0.05) is 37.0 Å². The summed E-state index contributed by atoms with van der Waals surface area (Å²) >= 11 is 0. The number of para-hydroxylation sites is 1. The number of amides is 2. The lowest BCUT2D eigenvalue weighted by molar-refractivity contribution is 0.215. The van der Waals surface area contributed by atoms with Crippen molar-refractivity contribution < 1.29 is 9.32 Å². The molecule has 0 bridgehead atoms. The van der Waals surface area contributed by atoms with Gasteiger partial charge in [0.25, 0.3) is 0 Å². The lowest BCUT2D eigenvalue weighted by atomic mass is 10.1. The Balaban J connectivity index is 1.43. The molecule has 0 saturated carbocycles. The standard InChI is InChI=1S/C21H22N4O2/c1-15-6-8-16(9-7-15)20-12-18(27-24-20)13-23-19-5-3-2-4-17(19)14-25-11-10-22-21(25)26/h2-9,12,23H,10-11,13-14H2,1H3,(H,22,26). The largest absolute Gasteiger partial charge is 0.377 e. The van der Waals surface area contributed by atoms with Crippen molar-refractivity contribution in [3.8, 4) is 11.3 Å². The summed E-state index contributed by atoms with van der Waals surface area (Å²) in [5.41, 5.74) is 5.15. The van der Waals surface area contributed by atoms with Crippen molar-refractivity contribution in [3.05, 3.63) is 71.5 Å². The average molecular weight is 362 g/mol. The second kappa shape index (κ2) is 7.53. The minimum atomic E-state index is -0.0113. The Hall–Kier alpha value is -3.28. The van der Waals surface area contributed by atoms with E-state index in [1.165, 1.54) is 5.56 Å². The van der Waals surface area contributed by atoms with Crippen LogP contribution in [0.5, 0.6) is 0 Å². The van der Waals surface area contributed by atoms with Crippen molar-refractivity contribution in [1.29, 1.82) is 0 Å². The summed E-state index contributed by atoms with van der Waals surface area (Å²) in [7, 11) is 0. The highest BCUT2D eigenvalue weighted by Crippen LogP contribution is 2.22. The first-order valence-corrected chi connectivity index (χ1v) is 9.06. The van der Waals surface area contributed by atoms with E-state index in [9.17, 15) is 4.79 Å². The Morgan fingerprint density at radius 1 is 1.19 bits per heavy atom. The van der Waals surface area contributed by atoms with Gasteiger partial charge < -0.3 is 20.1 Å². The van der Waals surface area contributed by atoms with Crippen LogP contribution < -0.4 is 10.6 Å². The van der Waals surface area contributed by atoms with Gasteiger partial charge in [0.1, 0.15) is 5.69 Å². The summed E-state index contributed by atoms with van der Waals surface area (Å²) in [6, 6.07) is 18.2. The minimum absolute atomic E-state index is 0.0113. The van der Waals surface area contributed by atoms with Crippen molar-refractivity contribution in [1.82, 2.24) is 15.4 Å². The number of anilines is 1. The van der Waals surface area contributed by atoms with Crippen LogP contribution >= 0.6 is 0 Å². The van der Waals surface area contributed by atoms with E-state index in [-0.39, 0.29) is 6.03 Å². The molecule has 2 heterocycles. The molecule has 1 aliphatic rings. The smallest absolute Gasteiger partial charge is 0.317 e. The molecule has 2 amide bonds. The lowest BCUT2D eigenvalue weighted by Crippen LogP contribution is -2.27. The van der Waals surface area contributed by atoms with Gasteiger partial charge in [-0.3, -0.25) is 0 Å². The number of nitrogens with one attached hydrogen (secondary N) is 2.